The third-order valence-electron chi connectivity index (χ3n) is 8.48. The molecule has 0 aromatic carbocycles. The fourth-order valence-corrected chi connectivity index (χ4v) is 13.2. The van der Waals surface area contributed by atoms with Gasteiger partial charge in [-0.3, -0.25) is 47.0 Å². The van der Waals surface area contributed by atoms with Gasteiger partial charge in [0.05, 0.1) is 27.3 Å². The van der Waals surface area contributed by atoms with Crippen molar-refractivity contribution in [1.29, 1.82) is 0 Å². The fourth-order valence-electron chi connectivity index (χ4n) is 6.14. The third-order valence-corrected chi connectivity index (χ3v) is 16.2. The van der Waals surface area contributed by atoms with Crippen LogP contribution in [0.3, 0.4) is 0 Å². The number of hydrogen-bond donors (Lipinski definition) is 10. The number of nitrogens with zero attached hydrogens (tertiary/aromatic N) is 6. The molecule has 0 aliphatic carbocycles. The van der Waals surface area contributed by atoms with Gasteiger partial charge in [0.1, 0.15) is 36.6 Å². The van der Waals surface area contributed by atoms with Crippen LogP contribution < -0.4 is 31.7 Å². The summed E-state index contributed by atoms with van der Waals surface area (Å²) in [5.74, 6) is -2.47. The van der Waals surface area contributed by atoms with E-state index in [1.807, 2.05) is 0 Å². The lowest BCUT2D eigenvalue weighted by atomic mass is 10.1. The van der Waals surface area contributed by atoms with E-state index in [0.29, 0.717) is 0 Å². The number of aromatic amines is 2. The first-order valence-electron chi connectivity index (χ1n) is 16.0. The summed E-state index contributed by atoms with van der Waals surface area (Å²) in [6, 6.07) is 0. The van der Waals surface area contributed by atoms with Crippen molar-refractivity contribution in [3.63, 3.8) is 0 Å². The summed E-state index contributed by atoms with van der Waals surface area (Å²) in [7, 11) is -7.71. The minimum absolute atomic E-state index is 0.0205. The molecule has 4 radical (unpaired) electrons. The molecule has 34 heteroatoms. The standard InChI is InChI=1S/C23H32B2N10O18P4/c1-32-5-34(16-10(32)18(40)30-22(26)28-16)20-14(38)12(36)8(50-20)3-48-56(24,46)52-54(42,43)7-55(44,45)53-57(25,47)49-4-9-13(37)15(39)21(51-9)35-6-33(2)11-17(35)29-23(27)31-19(11)41/h5-6,8-9,12-15,20-21,36-39H,3-4,7H2,1-2H3,(H6-2,26,27,28,29,30,31,40,41,42,43,44,45)/p+2/t8-,9-,12-,13-,14-,15-,20-,21-,56+,57+/m1/s1. The third kappa shape index (κ3) is 9.06. The Hall–Kier alpha value is -3.13. The number of fused-ring (bicyclic) bond motifs is 2. The number of ether oxygens (including phenoxy) is 2. The van der Waals surface area contributed by atoms with Gasteiger partial charge < -0.3 is 60.2 Å². The van der Waals surface area contributed by atoms with Crippen LogP contribution in [-0.4, -0.2) is 130 Å². The maximum absolute atomic E-state index is 12.8. The molecule has 57 heavy (non-hydrogen) atoms. The molecule has 6 heterocycles. The molecule has 4 aromatic rings. The van der Waals surface area contributed by atoms with Gasteiger partial charge >= 0.3 is 26.5 Å². The van der Waals surface area contributed by atoms with Crippen LogP contribution in [0.4, 0.5) is 11.9 Å². The summed E-state index contributed by atoms with van der Waals surface area (Å²) < 4.78 is 85.9. The Labute approximate surface area is 320 Å². The number of rotatable bonds is 14. The van der Waals surface area contributed by atoms with Crippen LogP contribution in [-0.2, 0) is 59.5 Å². The van der Waals surface area contributed by atoms with Gasteiger partial charge in [-0.15, -0.1) is 0 Å². The molecule has 12 N–H and O–H groups in total. The maximum Gasteiger partial charge on any atom is 0.346 e. The van der Waals surface area contributed by atoms with Crippen LogP contribution in [0.1, 0.15) is 12.5 Å². The number of H-pyrrole nitrogens is 2. The van der Waals surface area contributed by atoms with Crippen molar-refractivity contribution in [2.24, 2.45) is 14.1 Å². The normalized spacial score (nSPS) is 29.6. The summed E-state index contributed by atoms with van der Waals surface area (Å²) in [6.07, 6.45) is -10.3. The van der Waals surface area contributed by atoms with Crippen molar-refractivity contribution in [3.05, 3.63) is 33.4 Å². The summed E-state index contributed by atoms with van der Waals surface area (Å²) in [5.41, 5.74) is 9.94. The van der Waals surface area contributed by atoms with Crippen LogP contribution in [0.25, 0.3) is 22.3 Å². The molecule has 6 rings (SSSR count). The minimum Gasteiger partial charge on any atom is -0.387 e. The molecule has 2 saturated heterocycles. The summed E-state index contributed by atoms with van der Waals surface area (Å²) in [6.45, 7) is -1.93. The molecule has 28 nitrogen and oxygen atoms in total. The monoisotopic (exact) mass is 884 g/mol. The summed E-state index contributed by atoms with van der Waals surface area (Å²) in [4.78, 5) is 57.8. The lowest BCUT2D eigenvalue weighted by Crippen LogP contribution is -2.46. The van der Waals surface area contributed by atoms with E-state index < -0.39 is 109 Å². The zero-order valence-corrected chi connectivity index (χ0v) is 32.8. The number of anilines is 2. The van der Waals surface area contributed by atoms with Gasteiger partial charge in [-0.05, 0) is 0 Å². The number of aliphatic hydroxyl groups excluding tert-OH is 4. The van der Waals surface area contributed by atoms with Gasteiger partial charge in [0.15, 0.2) is 18.6 Å². The highest BCUT2D eigenvalue weighted by Gasteiger charge is 2.50. The molecular weight excluding hydrogens is 850 g/mol. The van der Waals surface area contributed by atoms with Crippen molar-refractivity contribution in [1.82, 2.24) is 29.1 Å². The van der Waals surface area contributed by atoms with Crippen molar-refractivity contribution in [3.8, 4) is 0 Å². The average Bonchev–Trinajstić information content (AvgIpc) is 3.74. The van der Waals surface area contributed by atoms with E-state index in [-0.39, 0.29) is 34.2 Å². The Bertz CT molecular complexity index is 2370. The Balaban J connectivity index is 1.04. The number of nitrogens with two attached hydrogens (primary N) is 2. The molecular formula is C23H34B2N10O18P4+2. The SMILES string of the molecule is [B][P@](=O)(OC[C@H]1O[C@@H]([n+]2cn(C)c3c(=O)[nH]c(N)nc32)[C@H](O)[C@@H]1O)OP(=O)(O)CP(=O)(O)O[P@@]([B])(=O)OC[C@H]1O[C@@H]([n+]2cn(C)c3c(=O)[nH]c(N)nc32)[C@H](O)[C@@H]1O. The summed E-state index contributed by atoms with van der Waals surface area (Å²) >= 11 is 0. The van der Waals surface area contributed by atoms with E-state index in [1.165, 1.54) is 45.0 Å². The number of hydrogen-bond acceptors (Lipinski definition) is 20. The number of nitrogen functional groups attached to an aromatic ring is 2. The molecule has 0 bridgehead atoms. The number of aryl methyl sites for hydroxylation is 2. The van der Waals surface area contributed by atoms with E-state index in [2.05, 4.69) is 28.6 Å². The topological polar surface area (TPSA) is 406 Å². The molecule has 2 unspecified atom stereocenters. The molecule has 12 atom stereocenters. The van der Waals surface area contributed by atoms with E-state index in [4.69, 9.17) is 45.1 Å². The van der Waals surface area contributed by atoms with Crippen LogP contribution in [0.15, 0.2) is 22.2 Å². The van der Waals surface area contributed by atoms with Crippen LogP contribution in [0.5, 0.6) is 0 Å². The first-order valence-corrected chi connectivity index (χ1v) is 22.7. The van der Waals surface area contributed by atoms with E-state index in [0.717, 1.165) is 0 Å². The molecule has 0 amide bonds. The van der Waals surface area contributed by atoms with Crippen molar-refractivity contribution in [2.45, 2.75) is 49.1 Å². The zero-order valence-electron chi connectivity index (χ0n) is 29.3. The molecule has 308 valence electrons. The van der Waals surface area contributed by atoms with Gasteiger partial charge in [-0.2, -0.15) is 0 Å². The van der Waals surface area contributed by atoms with Crippen LogP contribution in [0.2, 0.25) is 0 Å². The highest BCUT2D eigenvalue weighted by molar-refractivity contribution is 7.88. The number of nitrogens with one attached hydrogen (secondary N) is 2. The number of imidazole rings is 2. The van der Waals surface area contributed by atoms with Gasteiger partial charge in [-0.25, -0.2) is 17.8 Å². The maximum atomic E-state index is 12.8. The van der Waals surface area contributed by atoms with Crippen molar-refractivity contribution < 1.29 is 84.7 Å². The van der Waals surface area contributed by atoms with E-state index in [9.17, 15) is 58.1 Å². The van der Waals surface area contributed by atoms with Gasteiger partial charge in [-0.1, -0.05) is 9.97 Å². The second-order valence-corrected chi connectivity index (χ2v) is 20.5. The molecule has 0 spiro atoms. The van der Waals surface area contributed by atoms with Crippen molar-refractivity contribution in [2.75, 3.05) is 30.6 Å². The van der Waals surface area contributed by atoms with Gasteiger partial charge in [0, 0.05) is 0 Å². The van der Waals surface area contributed by atoms with Crippen molar-refractivity contribution >= 4 is 79.5 Å². The quantitative estimate of drug-likeness (QED) is 0.0324. The highest BCUT2D eigenvalue weighted by atomic mass is 31.3. The predicted octanol–water partition coefficient (Wildman–Crippen LogP) is -4.54. The molecule has 0 saturated carbocycles. The Morgan fingerprint density at radius 3 is 1.44 bits per heavy atom. The van der Waals surface area contributed by atoms with Gasteiger partial charge in [0.25, 0.3) is 38.0 Å². The molecule has 2 fully saturated rings. The summed E-state index contributed by atoms with van der Waals surface area (Å²) in [5, 5.41) is 42.5. The highest BCUT2D eigenvalue weighted by Crippen LogP contribution is 2.70. The molecule has 4 aromatic heterocycles. The Kier molecular flexibility index (Phi) is 11.8. The second-order valence-electron chi connectivity index (χ2n) is 12.9. The zero-order chi connectivity index (χ0) is 42.2. The first kappa shape index (κ1) is 43.4. The Morgan fingerprint density at radius 2 is 1.09 bits per heavy atom. The largest absolute Gasteiger partial charge is 0.387 e. The number of aliphatic hydroxyl groups is 4. The first-order chi connectivity index (χ1) is 26.3. The smallest absolute Gasteiger partial charge is 0.346 e. The molecule has 2 aliphatic rings. The van der Waals surface area contributed by atoms with Crippen LogP contribution in [0, 0.1) is 0 Å². The Morgan fingerprint density at radius 1 is 0.737 bits per heavy atom. The lowest BCUT2D eigenvalue weighted by molar-refractivity contribution is -0.746. The lowest BCUT2D eigenvalue weighted by Gasteiger charge is -2.24. The number of aromatic nitrogens is 8. The van der Waals surface area contributed by atoms with E-state index >= 15 is 0 Å². The van der Waals surface area contributed by atoms with E-state index in [1.54, 1.807) is 0 Å². The fraction of sp³-hybridized carbons (Fsp3) is 0.565. The van der Waals surface area contributed by atoms with Crippen LogP contribution >= 0.6 is 30.1 Å². The minimum atomic E-state index is -5.57. The average molecular weight is 884 g/mol. The molecule has 2 aliphatic heterocycles. The predicted molar refractivity (Wildman–Crippen MR) is 189 cm³/mol. The second kappa shape index (κ2) is 15.5. The van der Waals surface area contributed by atoms with Gasteiger partial charge in [0.2, 0.25) is 38.6 Å².